The number of halogens is 2. The number of nitrogens with zero attached hydrogens (tertiary/aromatic N) is 6. The molecule has 2 atom stereocenters. The Hall–Kier alpha value is -5.66. The van der Waals surface area contributed by atoms with E-state index < -0.39 is 30.3 Å². The lowest BCUT2D eigenvalue weighted by molar-refractivity contribution is -0.142. The number of fused-ring (bicyclic) bond motifs is 1. The third-order valence-electron chi connectivity index (χ3n) is 8.41. The molecule has 2 aromatic carbocycles. The smallest absolute Gasteiger partial charge is 0.290 e. The molecule has 2 aliphatic heterocycles. The Morgan fingerprint density at radius 1 is 1.14 bits per heavy atom. The number of rotatable bonds is 7. The molecule has 2 aliphatic rings. The number of carbonyl (C=O) groups is 3. The minimum Gasteiger partial charge on any atom is -0.483 e. The van der Waals surface area contributed by atoms with Crippen molar-refractivity contribution in [3.8, 4) is 23.1 Å². The van der Waals surface area contributed by atoms with Crippen molar-refractivity contribution in [2.45, 2.75) is 19.4 Å². The Kier molecular flexibility index (Phi) is 11.0. The van der Waals surface area contributed by atoms with Crippen molar-refractivity contribution in [3.63, 3.8) is 0 Å². The summed E-state index contributed by atoms with van der Waals surface area (Å²) in [5, 5.41) is 32.1. The number of nitriles is 1. The van der Waals surface area contributed by atoms with Crippen LogP contribution in [0.1, 0.15) is 22.3 Å². The number of amides is 2. The van der Waals surface area contributed by atoms with Crippen LogP contribution < -0.4 is 15.4 Å². The third-order valence-corrected chi connectivity index (χ3v) is 8.41. The van der Waals surface area contributed by atoms with Gasteiger partial charge in [-0.1, -0.05) is 0 Å². The van der Waals surface area contributed by atoms with Crippen LogP contribution in [0.5, 0.6) is 5.75 Å². The number of ether oxygens (including phenoxy) is 1. The minimum absolute atomic E-state index is 0.0424. The number of β-amino-alcohol motifs (C(OH)–C–C–N with tert-alkyl or cyclic N) is 1. The molecule has 256 valence electrons. The summed E-state index contributed by atoms with van der Waals surface area (Å²) in [7, 11) is 0. The molecule has 0 spiro atoms. The number of piperazine rings is 1. The van der Waals surface area contributed by atoms with E-state index in [-0.39, 0.29) is 35.3 Å². The molecular weight excluding hydrogens is 642 g/mol. The Labute approximate surface area is 279 Å². The molecule has 0 saturated carbocycles. The minimum atomic E-state index is -1.20. The lowest BCUT2D eigenvalue weighted by Crippen LogP contribution is -2.55. The van der Waals surface area contributed by atoms with E-state index in [1.807, 2.05) is 13.0 Å². The topological polar surface area (TPSA) is 185 Å². The average Bonchev–Trinajstić information content (AvgIpc) is 3.54. The van der Waals surface area contributed by atoms with Gasteiger partial charge in [-0.3, -0.25) is 18.8 Å². The molecule has 2 saturated heterocycles. The summed E-state index contributed by atoms with van der Waals surface area (Å²) in [4.78, 5) is 47.0. The van der Waals surface area contributed by atoms with Crippen molar-refractivity contribution < 1.29 is 38.1 Å². The summed E-state index contributed by atoms with van der Waals surface area (Å²) in [5.41, 5.74) is 2.52. The number of aryl methyl sites for hydroxylation is 1. The van der Waals surface area contributed by atoms with E-state index in [9.17, 15) is 23.5 Å². The van der Waals surface area contributed by atoms with Crippen LogP contribution in [-0.2, 0) is 9.59 Å². The molecule has 6 rings (SSSR count). The summed E-state index contributed by atoms with van der Waals surface area (Å²) in [6.07, 6.45) is 4.38. The first-order chi connectivity index (χ1) is 23.7. The van der Waals surface area contributed by atoms with E-state index in [2.05, 4.69) is 20.6 Å². The zero-order valence-electron chi connectivity index (χ0n) is 26.5. The highest BCUT2D eigenvalue weighted by Gasteiger charge is 2.34. The zero-order valence-corrected chi connectivity index (χ0v) is 26.5. The Morgan fingerprint density at radius 3 is 2.57 bits per heavy atom. The first-order valence-corrected chi connectivity index (χ1v) is 15.4. The van der Waals surface area contributed by atoms with Crippen LogP contribution in [0, 0.1) is 35.8 Å². The average molecular weight is 677 g/mol. The normalized spacial score (nSPS) is 17.4. The van der Waals surface area contributed by atoms with E-state index in [0.717, 1.165) is 5.56 Å². The molecule has 14 nitrogen and oxygen atoms in total. The van der Waals surface area contributed by atoms with Crippen molar-refractivity contribution in [3.05, 3.63) is 71.7 Å². The molecule has 49 heavy (non-hydrogen) atoms. The van der Waals surface area contributed by atoms with Crippen molar-refractivity contribution in [2.24, 2.45) is 5.92 Å². The number of benzene rings is 2. The van der Waals surface area contributed by atoms with Gasteiger partial charge in [0.25, 0.3) is 12.4 Å². The number of aliphatic hydroxyl groups excluding tert-OH is 1. The van der Waals surface area contributed by atoms with Gasteiger partial charge < -0.3 is 35.4 Å². The highest BCUT2D eigenvalue weighted by Crippen LogP contribution is 2.32. The monoisotopic (exact) mass is 676 g/mol. The summed E-state index contributed by atoms with van der Waals surface area (Å²) >= 11 is 0. The van der Waals surface area contributed by atoms with Crippen molar-refractivity contribution in [1.29, 1.82) is 5.26 Å². The van der Waals surface area contributed by atoms with Gasteiger partial charge in [-0.15, -0.1) is 0 Å². The number of carbonyl (C=O) groups excluding carboxylic acids is 2. The van der Waals surface area contributed by atoms with Crippen LogP contribution in [0.4, 0.5) is 20.3 Å². The number of hydrogen-bond acceptors (Lipinski definition) is 10. The SMILES string of the molecule is Cc1cc(Nc2nccn3c(-c4ccc(OCC#N)c(F)c4F)cnc23)ccc1C(=O)N1CCN(C(=O)[C@@H]2CCNC[C@H]2O)CC1.O=CO. The maximum absolute atomic E-state index is 15.0. The van der Waals surface area contributed by atoms with Crippen LogP contribution in [0.3, 0.4) is 0 Å². The molecule has 16 heteroatoms. The van der Waals surface area contributed by atoms with Gasteiger partial charge in [0.15, 0.2) is 29.6 Å². The highest BCUT2D eigenvalue weighted by molar-refractivity contribution is 5.96. The second kappa shape index (κ2) is 15.5. The van der Waals surface area contributed by atoms with Gasteiger partial charge in [0.1, 0.15) is 6.07 Å². The first kappa shape index (κ1) is 34.7. The van der Waals surface area contributed by atoms with E-state index in [1.54, 1.807) is 38.6 Å². The van der Waals surface area contributed by atoms with E-state index >= 15 is 0 Å². The van der Waals surface area contributed by atoms with Crippen molar-refractivity contribution in [1.82, 2.24) is 29.5 Å². The number of nitrogens with one attached hydrogen (secondary N) is 2. The molecule has 4 heterocycles. The lowest BCUT2D eigenvalue weighted by Gasteiger charge is -2.38. The number of carboxylic acid groups (broad SMARTS) is 1. The van der Waals surface area contributed by atoms with Crippen LogP contribution in [0.25, 0.3) is 16.9 Å². The summed E-state index contributed by atoms with van der Waals surface area (Å²) in [5.74, 6) is -2.93. The number of aromatic nitrogens is 3. The predicted octanol–water partition coefficient (Wildman–Crippen LogP) is 2.58. The second-order valence-corrected chi connectivity index (χ2v) is 11.3. The fraction of sp³-hybridized carbons (Fsp3) is 0.333. The Bertz CT molecular complexity index is 1890. The largest absolute Gasteiger partial charge is 0.483 e. The summed E-state index contributed by atoms with van der Waals surface area (Å²) < 4.78 is 36.1. The zero-order chi connectivity index (χ0) is 35.1. The number of imidazole rings is 1. The molecule has 2 amide bonds. The lowest BCUT2D eigenvalue weighted by atomic mass is 9.93. The molecule has 2 fully saturated rings. The van der Waals surface area contributed by atoms with E-state index in [0.29, 0.717) is 68.4 Å². The maximum Gasteiger partial charge on any atom is 0.290 e. The maximum atomic E-state index is 15.0. The van der Waals surface area contributed by atoms with Gasteiger partial charge in [-0.25, -0.2) is 14.4 Å². The van der Waals surface area contributed by atoms with E-state index in [4.69, 9.17) is 19.9 Å². The fourth-order valence-corrected chi connectivity index (χ4v) is 5.94. The molecule has 4 aromatic rings. The summed E-state index contributed by atoms with van der Waals surface area (Å²) in [6, 6.07) is 9.64. The molecule has 0 radical (unpaired) electrons. The number of hydrogen-bond donors (Lipinski definition) is 4. The number of piperidine rings is 1. The van der Waals surface area contributed by atoms with Crippen LogP contribution in [0.2, 0.25) is 0 Å². The van der Waals surface area contributed by atoms with Gasteiger partial charge in [0.05, 0.1) is 23.9 Å². The van der Waals surface area contributed by atoms with Gasteiger partial charge in [-0.2, -0.15) is 9.65 Å². The number of aliphatic hydroxyl groups is 1. The Balaban J connectivity index is 0.00000151. The standard InChI is InChI=1S/C32H32F2N8O4.CH2O2/c1-19-16-20(2-3-21(19)31(44)40-11-13-41(14-12-40)32(45)23-6-8-36-18-25(23)43)39-29-30-38-17-24(42(30)10-9-37-29)22-4-5-26(46-15-7-35)28(34)27(22)33;2-1-3/h2-5,9-10,16-17,23,25,36,43H,6,8,11-15,18H2,1H3,(H,37,39);1H,(H,2,3)/t23-,25-;/m1./s1. The Morgan fingerprint density at radius 2 is 1.88 bits per heavy atom. The van der Waals surface area contributed by atoms with Crippen molar-refractivity contribution in [2.75, 3.05) is 51.2 Å². The molecule has 0 bridgehead atoms. The number of anilines is 2. The molecule has 0 unspecified atom stereocenters. The van der Waals surface area contributed by atoms with Gasteiger partial charge >= 0.3 is 0 Å². The fourth-order valence-electron chi connectivity index (χ4n) is 5.94. The molecule has 2 aromatic heterocycles. The predicted molar refractivity (Wildman–Crippen MR) is 172 cm³/mol. The second-order valence-electron chi connectivity index (χ2n) is 11.3. The van der Waals surface area contributed by atoms with Crippen LogP contribution in [-0.4, -0.2) is 105 Å². The third kappa shape index (κ3) is 7.42. The quantitative estimate of drug-likeness (QED) is 0.211. The van der Waals surface area contributed by atoms with E-state index in [1.165, 1.54) is 24.5 Å². The van der Waals surface area contributed by atoms with Gasteiger partial charge in [-0.05, 0) is 55.8 Å². The molecule has 0 aliphatic carbocycles. The highest BCUT2D eigenvalue weighted by atomic mass is 19.2. The van der Waals surface area contributed by atoms with Crippen LogP contribution in [0.15, 0.2) is 48.9 Å². The van der Waals surface area contributed by atoms with Crippen molar-refractivity contribution >= 4 is 35.4 Å². The van der Waals surface area contributed by atoms with Gasteiger partial charge in [0, 0.05) is 61.9 Å². The molecule has 4 N–H and O–H groups in total. The van der Waals surface area contributed by atoms with Crippen LogP contribution >= 0.6 is 0 Å². The molecular formula is C33H34F2N8O6. The summed E-state index contributed by atoms with van der Waals surface area (Å²) in [6.45, 7) is 3.91. The first-order valence-electron chi connectivity index (χ1n) is 15.4. The van der Waals surface area contributed by atoms with Gasteiger partial charge in [0.2, 0.25) is 11.7 Å².